The van der Waals surface area contributed by atoms with Crippen molar-refractivity contribution in [2.45, 2.75) is 25.0 Å². The van der Waals surface area contributed by atoms with E-state index < -0.39 is 11.2 Å². The molecule has 23 heavy (non-hydrogen) atoms. The number of benzene rings is 2. The molecular formula is C18H21F2NO2. The Morgan fingerprint density at radius 3 is 1.35 bits per heavy atom. The highest BCUT2D eigenvalue weighted by Gasteiger charge is 2.27. The van der Waals surface area contributed by atoms with Gasteiger partial charge in [0.2, 0.25) is 0 Å². The summed E-state index contributed by atoms with van der Waals surface area (Å²) in [5, 5.41) is 23.9. The average molecular weight is 321 g/mol. The molecule has 5 heteroatoms. The van der Waals surface area contributed by atoms with Gasteiger partial charge < -0.3 is 15.5 Å². The molecule has 0 aliphatic carbocycles. The summed E-state index contributed by atoms with van der Waals surface area (Å²) in [7, 11) is 0. The van der Waals surface area contributed by atoms with Crippen molar-refractivity contribution in [3.63, 3.8) is 0 Å². The molecule has 0 amide bonds. The maximum absolute atomic E-state index is 12.9. The van der Waals surface area contributed by atoms with E-state index in [2.05, 4.69) is 5.32 Å². The number of hydrogen-bond donors (Lipinski definition) is 3. The topological polar surface area (TPSA) is 52.5 Å². The summed E-state index contributed by atoms with van der Waals surface area (Å²) in [5.74, 6) is -0.728. The molecular weight excluding hydrogens is 300 g/mol. The van der Waals surface area contributed by atoms with Crippen molar-refractivity contribution in [2.75, 3.05) is 13.1 Å². The zero-order valence-corrected chi connectivity index (χ0v) is 13.2. The summed E-state index contributed by atoms with van der Waals surface area (Å²) < 4.78 is 25.9. The first kappa shape index (κ1) is 17.5. The number of aliphatic hydroxyl groups is 2. The number of rotatable bonds is 6. The van der Waals surface area contributed by atoms with E-state index in [1.807, 2.05) is 0 Å². The van der Waals surface area contributed by atoms with Gasteiger partial charge >= 0.3 is 0 Å². The van der Waals surface area contributed by atoms with Crippen LogP contribution in [0.1, 0.15) is 25.0 Å². The Kier molecular flexibility index (Phi) is 5.14. The molecule has 0 radical (unpaired) electrons. The van der Waals surface area contributed by atoms with Crippen molar-refractivity contribution < 1.29 is 19.0 Å². The minimum absolute atomic E-state index is 0.177. The van der Waals surface area contributed by atoms with Gasteiger partial charge in [-0.3, -0.25) is 0 Å². The van der Waals surface area contributed by atoms with Crippen LogP contribution in [0.2, 0.25) is 0 Å². The van der Waals surface area contributed by atoms with Crippen LogP contribution in [0.15, 0.2) is 48.5 Å². The fourth-order valence-electron chi connectivity index (χ4n) is 2.37. The van der Waals surface area contributed by atoms with Gasteiger partial charge in [0, 0.05) is 13.1 Å². The van der Waals surface area contributed by atoms with Crippen molar-refractivity contribution in [3.8, 4) is 0 Å². The monoisotopic (exact) mass is 321 g/mol. The maximum atomic E-state index is 12.9. The van der Waals surface area contributed by atoms with Crippen LogP contribution in [0.5, 0.6) is 0 Å². The van der Waals surface area contributed by atoms with Gasteiger partial charge in [-0.15, -0.1) is 0 Å². The Labute approximate surface area is 134 Å². The second-order valence-corrected chi connectivity index (χ2v) is 6.17. The molecule has 3 nitrogen and oxygen atoms in total. The molecule has 124 valence electrons. The third-order valence-corrected chi connectivity index (χ3v) is 3.87. The molecule has 0 saturated carbocycles. The molecule has 0 aliphatic rings. The molecule has 3 N–H and O–H groups in total. The Bertz CT molecular complexity index is 580. The molecule has 0 unspecified atom stereocenters. The minimum atomic E-state index is -1.20. The first-order chi connectivity index (χ1) is 10.7. The van der Waals surface area contributed by atoms with Gasteiger partial charge in [-0.05, 0) is 49.2 Å². The molecule has 0 saturated heterocycles. The molecule has 0 bridgehead atoms. The third kappa shape index (κ3) is 4.58. The van der Waals surface area contributed by atoms with E-state index >= 15 is 0 Å². The molecule has 0 heterocycles. The number of halogens is 2. The molecule has 0 spiro atoms. The van der Waals surface area contributed by atoms with Gasteiger partial charge in [0.05, 0.1) is 11.2 Å². The van der Waals surface area contributed by atoms with Crippen LogP contribution in [0, 0.1) is 11.6 Å². The summed E-state index contributed by atoms with van der Waals surface area (Å²) in [4.78, 5) is 0. The van der Waals surface area contributed by atoms with E-state index in [1.54, 1.807) is 13.8 Å². The molecule has 0 aromatic heterocycles. The maximum Gasteiger partial charge on any atom is 0.123 e. The van der Waals surface area contributed by atoms with E-state index in [1.165, 1.54) is 48.5 Å². The Balaban J connectivity index is 1.97. The standard InChI is InChI=1S/C18H21F2NO2/c1-17(22,13-3-7-15(19)8-4-13)11-21-12-18(2,23)14-5-9-16(20)10-6-14/h3-10,21-23H,11-12H2,1-2H3/t17-,18-/m0/s1. The lowest BCUT2D eigenvalue weighted by atomic mass is 9.93. The molecule has 2 rings (SSSR count). The highest BCUT2D eigenvalue weighted by atomic mass is 19.1. The lowest BCUT2D eigenvalue weighted by molar-refractivity contribution is 0.0300. The van der Waals surface area contributed by atoms with Gasteiger partial charge in [0.25, 0.3) is 0 Å². The molecule has 2 aromatic carbocycles. The van der Waals surface area contributed by atoms with E-state index in [-0.39, 0.29) is 24.7 Å². The Hall–Kier alpha value is -1.82. The summed E-state index contributed by atoms with van der Waals surface area (Å²) in [6.45, 7) is 3.58. The van der Waals surface area contributed by atoms with Crippen LogP contribution in [-0.2, 0) is 11.2 Å². The zero-order chi connectivity index (χ0) is 17.1. The van der Waals surface area contributed by atoms with Crippen LogP contribution in [-0.4, -0.2) is 23.3 Å². The normalized spacial score (nSPS) is 16.6. The Morgan fingerprint density at radius 2 is 1.04 bits per heavy atom. The minimum Gasteiger partial charge on any atom is -0.384 e. The van der Waals surface area contributed by atoms with Crippen molar-refractivity contribution in [2.24, 2.45) is 0 Å². The third-order valence-electron chi connectivity index (χ3n) is 3.87. The van der Waals surface area contributed by atoms with Crippen molar-refractivity contribution >= 4 is 0 Å². The summed E-state index contributed by atoms with van der Waals surface area (Å²) in [5.41, 5.74) is -1.25. The SMILES string of the molecule is C[C@](O)(CNC[C@](C)(O)c1ccc(F)cc1)c1ccc(F)cc1. The van der Waals surface area contributed by atoms with Gasteiger partial charge in [0.15, 0.2) is 0 Å². The van der Waals surface area contributed by atoms with Gasteiger partial charge in [-0.25, -0.2) is 8.78 Å². The molecule has 2 atom stereocenters. The van der Waals surface area contributed by atoms with Crippen molar-refractivity contribution in [1.82, 2.24) is 5.32 Å². The van der Waals surface area contributed by atoms with Gasteiger partial charge in [-0.1, -0.05) is 24.3 Å². The predicted molar refractivity (Wildman–Crippen MR) is 84.8 cm³/mol. The van der Waals surface area contributed by atoms with Crippen molar-refractivity contribution in [3.05, 3.63) is 71.3 Å². The predicted octanol–water partition coefficient (Wildman–Crippen LogP) is 2.67. The average Bonchev–Trinajstić information content (AvgIpc) is 2.47. The molecule has 0 fully saturated rings. The fourth-order valence-corrected chi connectivity index (χ4v) is 2.37. The van der Waals surface area contributed by atoms with Crippen LogP contribution in [0.25, 0.3) is 0 Å². The van der Waals surface area contributed by atoms with Gasteiger partial charge in [0.1, 0.15) is 11.6 Å². The van der Waals surface area contributed by atoms with Crippen LogP contribution < -0.4 is 5.32 Å². The first-order valence-electron chi connectivity index (χ1n) is 7.38. The number of nitrogens with one attached hydrogen (secondary N) is 1. The van der Waals surface area contributed by atoms with Crippen LogP contribution in [0.4, 0.5) is 8.78 Å². The summed E-state index contributed by atoms with van der Waals surface area (Å²) >= 11 is 0. The second kappa shape index (κ2) is 6.74. The summed E-state index contributed by atoms with van der Waals surface area (Å²) in [6, 6.07) is 11.3. The number of hydrogen-bond acceptors (Lipinski definition) is 3. The quantitative estimate of drug-likeness (QED) is 0.767. The highest BCUT2D eigenvalue weighted by Crippen LogP contribution is 2.22. The largest absolute Gasteiger partial charge is 0.384 e. The smallest absolute Gasteiger partial charge is 0.123 e. The van der Waals surface area contributed by atoms with Gasteiger partial charge in [-0.2, -0.15) is 0 Å². The highest BCUT2D eigenvalue weighted by molar-refractivity contribution is 5.24. The fraction of sp³-hybridized carbons (Fsp3) is 0.333. The zero-order valence-electron chi connectivity index (χ0n) is 13.2. The second-order valence-electron chi connectivity index (χ2n) is 6.17. The van der Waals surface area contributed by atoms with Crippen molar-refractivity contribution in [1.29, 1.82) is 0 Å². The first-order valence-corrected chi connectivity index (χ1v) is 7.38. The lowest BCUT2D eigenvalue weighted by Crippen LogP contribution is -2.42. The lowest BCUT2D eigenvalue weighted by Gasteiger charge is -2.29. The summed E-state index contributed by atoms with van der Waals surface area (Å²) in [6.07, 6.45) is 0. The molecule has 2 aromatic rings. The molecule has 0 aliphatic heterocycles. The van der Waals surface area contributed by atoms with E-state index in [0.717, 1.165) is 0 Å². The van der Waals surface area contributed by atoms with E-state index in [9.17, 15) is 19.0 Å². The van der Waals surface area contributed by atoms with Crippen LogP contribution >= 0.6 is 0 Å². The Morgan fingerprint density at radius 1 is 0.739 bits per heavy atom. The van der Waals surface area contributed by atoms with E-state index in [0.29, 0.717) is 11.1 Å². The van der Waals surface area contributed by atoms with Crippen LogP contribution in [0.3, 0.4) is 0 Å². The van der Waals surface area contributed by atoms with E-state index in [4.69, 9.17) is 0 Å².